The predicted octanol–water partition coefficient (Wildman–Crippen LogP) is 3.54. The fourth-order valence-electron chi connectivity index (χ4n) is 3.88. The van der Waals surface area contributed by atoms with Gasteiger partial charge in [-0.05, 0) is 47.7 Å². The van der Waals surface area contributed by atoms with Crippen molar-refractivity contribution in [2.45, 2.75) is 33.1 Å². The van der Waals surface area contributed by atoms with E-state index in [4.69, 9.17) is 4.74 Å². The van der Waals surface area contributed by atoms with E-state index in [1.807, 2.05) is 40.0 Å². The van der Waals surface area contributed by atoms with Crippen LogP contribution in [0.25, 0.3) is 5.70 Å². The number of hydrogen-bond donors (Lipinski definition) is 4. The van der Waals surface area contributed by atoms with Crippen molar-refractivity contribution in [1.29, 1.82) is 0 Å². The number of ether oxygens (including phenoxy) is 1. The lowest BCUT2D eigenvalue weighted by molar-refractivity contribution is 0.102. The summed E-state index contributed by atoms with van der Waals surface area (Å²) in [6, 6.07) is 8.84. The van der Waals surface area contributed by atoms with Crippen LogP contribution in [0.1, 0.15) is 47.8 Å². The highest BCUT2D eigenvalue weighted by molar-refractivity contribution is 7.92. The van der Waals surface area contributed by atoms with Gasteiger partial charge >= 0.3 is 0 Å². The second-order valence-electron chi connectivity index (χ2n) is 9.96. The van der Waals surface area contributed by atoms with E-state index in [0.29, 0.717) is 11.3 Å². The quantitative estimate of drug-likeness (QED) is 0.357. The highest BCUT2D eigenvalue weighted by Gasteiger charge is 2.23. The topological polar surface area (TPSA) is 138 Å². The molecule has 11 nitrogen and oxygen atoms in total. The summed E-state index contributed by atoms with van der Waals surface area (Å²) in [6.07, 6.45) is 7.76. The highest BCUT2D eigenvalue weighted by Crippen LogP contribution is 2.39. The summed E-state index contributed by atoms with van der Waals surface area (Å²) in [5, 5.41) is 4.67. The van der Waals surface area contributed by atoms with Crippen molar-refractivity contribution in [1.82, 2.24) is 20.9 Å². The molecule has 0 spiro atoms. The molecule has 0 atom stereocenters. The van der Waals surface area contributed by atoms with Gasteiger partial charge in [-0.15, -0.1) is 5.53 Å². The van der Waals surface area contributed by atoms with E-state index in [-0.39, 0.29) is 22.8 Å². The summed E-state index contributed by atoms with van der Waals surface area (Å²) in [4.78, 5) is 21.5. The van der Waals surface area contributed by atoms with Gasteiger partial charge in [0.15, 0.2) is 5.75 Å². The summed E-state index contributed by atoms with van der Waals surface area (Å²) in [6.45, 7) is 7.93. The number of methoxy groups -OCH3 is 1. The zero-order chi connectivity index (χ0) is 27.7. The summed E-state index contributed by atoms with van der Waals surface area (Å²) < 4.78 is 32.0. The molecular formula is C26H31N7O4S. The normalized spacial score (nSPS) is 13.5. The van der Waals surface area contributed by atoms with Crippen LogP contribution >= 0.6 is 0 Å². The summed E-state index contributed by atoms with van der Waals surface area (Å²) in [7, 11) is -2.16. The maximum Gasteiger partial charge on any atom is 0.255 e. The van der Waals surface area contributed by atoms with E-state index in [1.54, 1.807) is 41.7 Å². The minimum absolute atomic E-state index is 0.215. The number of rotatable bonds is 7. The molecule has 1 aromatic heterocycles. The minimum Gasteiger partial charge on any atom is -0.492 e. The molecule has 12 heteroatoms. The van der Waals surface area contributed by atoms with Gasteiger partial charge < -0.3 is 15.5 Å². The number of hydrazine groups is 2. The SMILES string of the molecule is COc1c(NC(=O)c2ccc(C)c(N3C=C(c4cncnc4)NN3)c2)cc(C(C)(C)C)cc1NS(C)(=O)=O. The number of anilines is 3. The van der Waals surface area contributed by atoms with Crippen molar-refractivity contribution in [2.24, 2.45) is 0 Å². The summed E-state index contributed by atoms with van der Waals surface area (Å²) in [5.74, 6) is -0.166. The van der Waals surface area contributed by atoms with Crippen LogP contribution in [-0.2, 0) is 15.4 Å². The third-order valence-electron chi connectivity index (χ3n) is 5.87. The number of benzene rings is 2. The van der Waals surface area contributed by atoms with Gasteiger partial charge in [0.1, 0.15) is 6.33 Å². The molecule has 0 saturated heterocycles. The molecule has 0 bridgehead atoms. The number of carbonyl (C=O) groups excluding carboxylic acids is 1. The fraction of sp³-hybridized carbons (Fsp3) is 0.269. The van der Waals surface area contributed by atoms with E-state index in [1.165, 1.54) is 13.4 Å². The minimum atomic E-state index is -3.59. The van der Waals surface area contributed by atoms with Crippen molar-refractivity contribution in [3.8, 4) is 5.75 Å². The number of carbonyl (C=O) groups is 1. The predicted molar refractivity (Wildman–Crippen MR) is 148 cm³/mol. The molecule has 0 saturated carbocycles. The Morgan fingerprint density at radius 3 is 2.39 bits per heavy atom. The average molecular weight is 538 g/mol. The van der Waals surface area contributed by atoms with E-state index in [2.05, 4.69) is 31.0 Å². The smallest absolute Gasteiger partial charge is 0.255 e. The van der Waals surface area contributed by atoms with Crippen LogP contribution in [0.3, 0.4) is 0 Å². The molecule has 1 aliphatic heterocycles. The molecule has 0 radical (unpaired) electrons. The van der Waals surface area contributed by atoms with Crippen molar-refractivity contribution < 1.29 is 17.9 Å². The van der Waals surface area contributed by atoms with Crippen molar-refractivity contribution in [3.63, 3.8) is 0 Å². The number of amides is 1. The van der Waals surface area contributed by atoms with Crippen LogP contribution in [0.2, 0.25) is 0 Å². The number of hydrogen-bond acceptors (Lipinski definition) is 9. The number of sulfonamides is 1. The molecule has 200 valence electrons. The monoisotopic (exact) mass is 537 g/mol. The Morgan fingerprint density at radius 1 is 1.08 bits per heavy atom. The maximum atomic E-state index is 13.4. The number of nitrogens with one attached hydrogen (secondary N) is 4. The van der Waals surface area contributed by atoms with Gasteiger partial charge in [0.05, 0.1) is 36.1 Å². The molecule has 38 heavy (non-hydrogen) atoms. The maximum absolute atomic E-state index is 13.4. The third kappa shape index (κ3) is 6.03. The Bertz CT molecular complexity index is 1500. The van der Waals surface area contributed by atoms with Crippen LogP contribution in [0.4, 0.5) is 17.1 Å². The van der Waals surface area contributed by atoms with Crippen LogP contribution in [0.5, 0.6) is 5.75 Å². The first kappa shape index (κ1) is 26.9. The largest absolute Gasteiger partial charge is 0.492 e. The molecule has 1 amide bonds. The molecule has 2 heterocycles. The standard InChI is InChI=1S/C26H31N7O4S/c1-16-7-8-17(9-23(16)33-14-22(30-32-33)18-12-27-15-28-13-18)25(34)29-20-10-19(26(2,3)4)11-21(24(20)37-5)31-38(6,35)36/h7-15,30-32H,1-6H3,(H,29,34). The van der Waals surface area contributed by atoms with Crippen LogP contribution in [-0.4, -0.2) is 37.7 Å². The van der Waals surface area contributed by atoms with Gasteiger partial charge in [-0.3, -0.25) is 14.5 Å². The lowest BCUT2D eigenvalue weighted by Crippen LogP contribution is -2.36. The van der Waals surface area contributed by atoms with Crippen molar-refractivity contribution in [3.05, 3.63) is 77.5 Å². The molecule has 4 rings (SSSR count). The van der Waals surface area contributed by atoms with Gasteiger partial charge in [-0.2, -0.15) is 0 Å². The lowest BCUT2D eigenvalue weighted by atomic mass is 9.86. The second kappa shape index (κ2) is 10.3. The van der Waals surface area contributed by atoms with Crippen molar-refractivity contribution in [2.75, 3.05) is 28.4 Å². The molecule has 0 unspecified atom stereocenters. The Labute approximate surface area is 222 Å². The van der Waals surface area contributed by atoms with E-state index >= 15 is 0 Å². The van der Waals surface area contributed by atoms with Gasteiger partial charge in [0.25, 0.3) is 5.91 Å². The number of aromatic nitrogens is 2. The molecule has 0 aliphatic carbocycles. The third-order valence-corrected chi connectivity index (χ3v) is 6.46. The van der Waals surface area contributed by atoms with E-state index < -0.39 is 10.0 Å². The Balaban J connectivity index is 1.67. The molecular weight excluding hydrogens is 506 g/mol. The summed E-state index contributed by atoms with van der Waals surface area (Å²) >= 11 is 0. The van der Waals surface area contributed by atoms with E-state index in [9.17, 15) is 13.2 Å². The zero-order valence-electron chi connectivity index (χ0n) is 22.1. The molecule has 2 aromatic carbocycles. The Hall–Kier alpha value is -4.16. The second-order valence-corrected chi connectivity index (χ2v) is 11.7. The first-order chi connectivity index (χ1) is 17.9. The lowest BCUT2D eigenvalue weighted by Gasteiger charge is -2.24. The van der Waals surface area contributed by atoms with Gasteiger partial charge in [0, 0.05) is 29.7 Å². The van der Waals surface area contributed by atoms with Crippen LogP contribution in [0, 0.1) is 6.92 Å². The first-order valence-electron chi connectivity index (χ1n) is 11.8. The first-order valence-corrected chi connectivity index (χ1v) is 13.7. The molecule has 1 aliphatic rings. The Morgan fingerprint density at radius 2 is 1.76 bits per heavy atom. The fourth-order valence-corrected chi connectivity index (χ4v) is 4.43. The van der Waals surface area contributed by atoms with Crippen molar-refractivity contribution >= 4 is 38.7 Å². The van der Waals surface area contributed by atoms with Crippen LogP contribution in [0.15, 0.2) is 55.3 Å². The zero-order valence-corrected chi connectivity index (χ0v) is 22.9. The average Bonchev–Trinajstić information content (AvgIpc) is 3.33. The number of aryl methyl sites for hydroxylation is 1. The Kier molecular flexibility index (Phi) is 7.29. The highest BCUT2D eigenvalue weighted by atomic mass is 32.2. The molecule has 0 fully saturated rings. The number of nitrogens with zero attached hydrogens (tertiary/aromatic N) is 3. The van der Waals surface area contributed by atoms with Gasteiger partial charge in [0.2, 0.25) is 10.0 Å². The molecule has 3 aromatic rings. The van der Waals surface area contributed by atoms with E-state index in [0.717, 1.165) is 34.3 Å². The van der Waals surface area contributed by atoms with Crippen LogP contribution < -0.4 is 30.7 Å². The van der Waals surface area contributed by atoms with Gasteiger partial charge in [-0.25, -0.2) is 18.4 Å². The van der Waals surface area contributed by atoms with Gasteiger partial charge in [-0.1, -0.05) is 26.8 Å². The summed E-state index contributed by atoms with van der Waals surface area (Å²) in [5.41, 5.74) is 10.9. The molecule has 4 N–H and O–H groups in total.